The molecule has 0 unspecified atom stereocenters. The molecule has 0 aromatic heterocycles. The number of carbonyl (C=O) groups is 2. The summed E-state index contributed by atoms with van der Waals surface area (Å²) >= 11 is 5.90. The Hall–Kier alpha value is -4.70. The van der Waals surface area contributed by atoms with E-state index in [0.717, 1.165) is 17.7 Å². The average Bonchev–Trinajstić information content (AvgIpc) is 2.97. The lowest BCUT2D eigenvalue weighted by atomic mass is 9.99. The molecule has 0 saturated carbocycles. The SMILES string of the molecule is COc1ccc(-c2ccc(C(F)(F)F)cc2)cc1C(=O)N[C@H](Cc1ccc(-c2ccc(F)c(Cl)c2)cc1)C(=O)NC(C)=N. The highest BCUT2D eigenvalue weighted by molar-refractivity contribution is 6.31. The second-order valence-corrected chi connectivity index (χ2v) is 10.1. The van der Waals surface area contributed by atoms with Crippen LogP contribution >= 0.6 is 11.6 Å². The highest BCUT2D eigenvalue weighted by Crippen LogP contribution is 2.32. The first-order valence-corrected chi connectivity index (χ1v) is 13.3. The van der Waals surface area contributed by atoms with Gasteiger partial charge in [0.25, 0.3) is 5.91 Å². The van der Waals surface area contributed by atoms with Gasteiger partial charge in [0.2, 0.25) is 5.91 Å². The van der Waals surface area contributed by atoms with Crippen LogP contribution < -0.4 is 15.4 Å². The summed E-state index contributed by atoms with van der Waals surface area (Å²) < 4.78 is 57.9. The standard InChI is InChI=1S/C32H26ClF4N3O3/c1-18(38)39-31(42)28(15-19-3-5-20(6-4-19)23-9-13-27(34)26(33)17-23)40-30(41)25-16-22(10-14-29(25)43-2)21-7-11-24(12-8-21)32(35,36)37/h3-14,16-17,28H,15H2,1-2H3,(H,40,41)(H2,38,39,42)/t28-/m1/s1. The number of rotatable bonds is 8. The third-order valence-corrected chi connectivity index (χ3v) is 6.86. The van der Waals surface area contributed by atoms with Crippen molar-refractivity contribution in [1.82, 2.24) is 10.6 Å². The molecule has 0 radical (unpaired) electrons. The third-order valence-electron chi connectivity index (χ3n) is 6.57. The number of methoxy groups -OCH3 is 1. The second-order valence-electron chi connectivity index (χ2n) is 9.66. The molecule has 0 aliphatic carbocycles. The third kappa shape index (κ3) is 7.78. The van der Waals surface area contributed by atoms with E-state index in [-0.39, 0.29) is 28.6 Å². The van der Waals surface area contributed by atoms with Gasteiger partial charge in [0, 0.05) is 6.42 Å². The summed E-state index contributed by atoms with van der Waals surface area (Å²) in [5.74, 6) is -1.73. The predicted molar refractivity (Wildman–Crippen MR) is 157 cm³/mol. The molecule has 0 heterocycles. The maximum absolute atomic E-state index is 13.6. The Morgan fingerprint density at radius 2 is 1.44 bits per heavy atom. The highest BCUT2D eigenvalue weighted by atomic mass is 35.5. The van der Waals surface area contributed by atoms with Crippen molar-refractivity contribution < 1.29 is 31.9 Å². The Morgan fingerprint density at radius 3 is 2.00 bits per heavy atom. The van der Waals surface area contributed by atoms with Gasteiger partial charge in [0.15, 0.2) is 0 Å². The number of halogens is 5. The minimum absolute atomic E-state index is 0.0131. The number of amides is 2. The number of hydrogen-bond donors (Lipinski definition) is 3. The molecule has 11 heteroatoms. The fraction of sp³-hybridized carbons (Fsp3) is 0.156. The van der Waals surface area contributed by atoms with Crippen molar-refractivity contribution in [2.24, 2.45) is 0 Å². The van der Waals surface area contributed by atoms with Crippen molar-refractivity contribution in [2.75, 3.05) is 7.11 Å². The zero-order chi connectivity index (χ0) is 31.3. The first kappa shape index (κ1) is 31.2. The minimum atomic E-state index is -4.48. The first-order chi connectivity index (χ1) is 20.3. The van der Waals surface area contributed by atoms with E-state index in [0.29, 0.717) is 22.3 Å². The molecule has 0 saturated heterocycles. The molecule has 6 nitrogen and oxygen atoms in total. The molecule has 4 rings (SSSR count). The van der Waals surface area contributed by atoms with E-state index in [9.17, 15) is 27.2 Å². The van der Waals surface area contributed by atoms with Crippen LogP contribution in [0.5, 0.6) is 5.75 Å². The minimum Gasteiger partial charge on any atom is -0.496 e. The summed E-state index contributed by atoms with van der Waals surface area (Å²) in [6.45, 7) is 1.38. The number of benzene rings is 4. The Labute approximate surface area is 250 Å². The van der Waals surface area contributed by atoms with Gasteiger partial charge in [0.05, 0.1) is 29.1 Å². The second kappa shape index (κ2) is 13.1. The fourth-order valence-corrected chi connectivity index (χ4v) is 4.56. The van der Waals surface area contributed by atoms with Crippen molar-refractivity contribution in [3.8, 4) is 28.0 Å². The lowest BCUT2D eigenvalue weighted by Gasteiger charge is -2.20. The Morgan fingerprint density at radius 1 is 0.884 bits per heavy atom. The van der Waals surface area contributed by atoms with E-state index in [2.05, 4.69) is 10.6 Å². The molecule has 222 valence electrons. The lowest BCUT2D eigenvalue weighted by Crippen LogP contribution is -2.49. The predicted octanol–water partition coefficient (Wildman–Crippen LogP) is 7.29. The molecule has 0 aliphatic rings. The van der Waals surface area contributed by atoms with E-state index >= 15 is 0 Å². The van der Waals surface area contributed by atoms with Gasteiger partial charge in [-0.3, -0.25) is 15.0 Å². The summed E-state index contributed by atoms with van der Waals surface area (Å²) in [5.41, 5.74) is 2.31. The maximum Gasteiger partial charge on any atom is 0.416 e. The van der Waals surface area contributed by atoms with Crippen LogP contribution in [0.3, 0.4) is 0 Å². The molecule has 4 aromatic carbocycles. The summed E-state index contributed by atoms with van der Waals surface area (Å²) in [6, 6.07) is 19.4. The van der Waals surface area contributed by atoms with Gasteiger partial charge in [-0.1, -0.05) is 60.1 Å². The van der Waals surface area contributed by atoms with Crippen LogP contribution in [0.2, 0.25) is 5.02 Å². The number of nitrogens with one attached hydrogen (secondary N) is 3. The molecule has 4 aromatic rings. The Balaban J connectivity index is 1.59. The van der Waals surface area contributed by atoms with Gasteiger partial charge in [-0.15, -0.1) is 0 Å². The van der Waals surface area contributed by atoms with E-state index in [1.165, 1.54) is 50.4 Å². The normalized spacial score (nSPS) is 11.9. The number of amidine groups is 1. The quantitative estimate of drug-likeness (QED) is 0.111. The van der Waals surface area contributed by atoms with Gasteiger partial charge in [-0.2, -0.15) is 13.2 Å². The summed E-state index contributed by atoms with van der Waals surface area (Å²) in [5, 5.41) is 12.8. The number of alkyl halides is 3. The molecule has 0 aliphatic heterocycles. The maximum atomic E-state index is 13.6. The van der Waals surface area contributed by atoms with Crippen LogP contribution in [0.15, 0.2) is 84.9 Å². The van der Waals surface area contributed by atoms with Crippen LogP contribution in [0, 0.1) is 11.2 Å². The van der Waals surface area contributed by atoms with Gasteiger partial charge < -0.3 is 15.4 Å². The summed E-state index contributed by atoms with van der Waals surface area (Å²) in [4.78, 5) is 26.5. The molecule has 43 heavy (non-hydrogen) atoms. The molecular weight excluding hydrogens is 586 g/mol. The Kier molecular flexibility index (Phi) is 9.50. The largest absolute Gasteiger partial charge is 0.496 e. The first-order valence-electron chi connectivity index (χ1n) is 12.9. The zero-order valence-electron chi connectivity index (χ0n) is 23.0. The van der Waals surface area contributed by atoms with Gasteiger partial charge in [0.1, 0.15) is 17.6 Å². The molecular formula is C32H26ClF4N3O3. The van der Waals surface area contributed by atoms with Crippen molar-refractivity contribution >= 4 is 29.3 Å². The van der Waals surface area contributed by atoms with Crippen LogP contribution in [0.25, 0.3) is 22.3 Å². The van der Waals surface area contributed by atoms with Crippen LogP contribution in [0.4, 0.5) is 17.6 Å². The van der Waals surface area contributed by atoms with E-state index in [1.54, 1.807) is 36.4 Å². The average molecular weight is 612 g/mol. The van der Waals surface area contributed by atoms with E-state index in [1.807, 2.05) is 0 Å². The van der Waals surface area contributed by atoms with Gasteiger partial charge in [-0.25, -0.2) is 4.39 Å². The highest BCUT2D eigenvalue weighted by Gasteiger charge is 2.30. The molecule has 0 spiro atoms. The molecule has 0 fully saturated rings. The zero-order valence-corrected chi connectivity index (χ0v) is 23.7. The van der Waals surface area contributed by atoms with Crippen molar-refractivity contribution in [3.63, 3.8) is 0 Å². The van der Waals surface area contributed by atoms with Crippen LogP contribution in [0.1, 0.15) is 28.4 Å². The number of hydrogen-bond acceptors (Lipinski definition) is 4. The van der Waals surface area contributed by atoms with Crippen LogP contribution in [-0.2, 0) is 17.4 Å². The van der Waals surface area contributed by atoms with Crippen molar-refractivity contribution in [2.45, 2.75) is 25.6 Å². The number of carbonyl (C=O) groups excluding carboxylic acids is 2. The molecule has 1 atom stereocenters. The van der Waals surface area contributed by atoms with Crippen molar-refractivity contribution in [1.29, 1.82) is 5.41 Å². The molecule has 0 bridgehead atoms. The molecule has 3 N–H and O–H groups in total. The van der Waals surface area contributed by atoms with Gasteiger partial charge >= 0.3 is 6.18 Å². The van der Waals surface area contributed by atoms with E-state index < -0.39 is 35.4 Å². The lowest BCUT2D eigenvalue weighted by molar-refractivity contribution is -0.137. The molecule has 2 amide bonds. The smallest absolute Gasteiger partial charge is 0.416 e. The topological polar surface area (TPSA) is 91.3 Å². The van der Waals surface area contributed by atoms with Crippen molar-refractivity contribution in [3.05, 3.63) is 112 Å². The summed E-state index contributed by atoms with van der Waals surface area (Å²) in [6.07, 6.45) is -4.42. The fourth-order valence-electron chi connectivity index (χ4n) is 4.38. The van der Waals surface area contributed by atoms with Gasteiger partial charge in [-0.05, 0) is 71.1 Å². The summed E-state index contributed by atoms with van der Waals surface area (Å²) in [7, 11) is 1.36. The number of ether oxygens (including phenoxy) is 1. The Bertz CT molecular complexity index is 1660. The monoisotopic (exact) mass is 611 g/mol. The van der Waals surface area contributed by atoms with E-state index in [4.69, 9.17) is 21.7 Å². The van der Waals surface area contributed by atoms with Crippen LogP contribution in [-0.4, -0.2) is 30.8 Å².